The highest BCUT2D eigenvalue weighted by molar-refractivity contribution is 6.03. The molecule has 2 atom stereocenters. The van der Waals surface area contributed by atoms with Crippen LogP contribution in [-0.4, -0.2) is 35.0 Å². The maximum atomic E-state index is 13.2. The average molecular weight is 333 g/mol. The van der Waals surface area contributed by atoms with Gasteiger partial charge in [-0.3, -0.25) is 14.5 Å². The van der Waals surface area contributed by atoms with Gasteiger partial charge in [-0.25, -0.2) is 0 Å². The number of ether oxygens (including phenoxy) is 1. The number of nitrogens with zero attached hydrogens (tertiary/aromatic N) is 1. The molecule has 24 heavy (non-hydrogen) atoms. The van der Waals surface area contributed by atoms with Crippen LogP contribution in [0.1, 0.15) is 55.4 Å². The molecular formula is C20H31NO3. The highest BCUT2D eigenvalue weighted by Crippen LogP contribution is 2.42. The van der Waals surface area contributed by atoms with Gasteiger partial charge in [-0.2, -0.15) is 0 Å². The molecule has 1 heterocycles. The van der Waals surface area contributed by atoms with Crippen molar-refractivity contribution in [1.29, 1.82) is 0 Å². The summed E-state index contributed by atoms with van der Waals surface area (Å²) in [5.41, 5.74) is -0.986. The molecule has 134 valence electrons. The second kappa shape index (κ2) is 5.83. The third kappa shape index (κ3) is 3.08. The Labute approximate surface area is 145 Å². The van der Waals surface area contributed by atoms with Crippen LogP contribution in [0.25, 0.3) is 0 Å². The van der Waals surface area contributed by atoms with Gasteiger partial charge in [-0.05, 0) is 29.1 Å². The van der Waals surface area contributed by atoms with Gasteiger partial charge in [0.1, 0.15) is 0 Å². The SMILES string of the molecule is CC(C)[C@H]1CO[C@]2(C=C(C(C)(C)C)C=CC2=O)N1C(=O)C(C)(C)C. The van der Waals surface area contributed by atoms with Gasteiger partial charge in [0.05, 0.1) is 12.6 Å². The van der Waals surface area contributed by atoms with E-state index in [4.69, 9.17) is 4.74 Å². The molecule has 4 heteroatoms. The van der Waals surface area contributed by atoms with Gasteiger partial charge in [0.25, 0.3) is 0 Å². The third-order valence-electron chi connectivity index (χ3n) is 4.78. The van der Waals surface area contributed by atoms with Crippen LogP contribution in [0.15, 0.2) is 23.8 Å². The van der Waals surface area contributed by atoms with Crippen LogP contribution in [0.4, 0.5) is 0 Å². The van der Waals surface area contributed by atoms with E-state index in [1.54, 1.807) is 11.0 Å². The standard InChI is InChI=1S/C20H31NO3/c1-13(2)15-12-24-20(21(15)17(23)19(6,7)8)11-14(18(3,4)5)9-10-16(20)22/h9-11,13,15H,12H2,1-8H3/t15-,20+/m1/s1. The van der Waals surface area contributed by atoms with E-state index < -0.39 is 11.1 Å². The molecule has 2 aliphatic rings. The van der Waals surface area contributed by atoms with Crippen LogP contribution in [0.5, 0.6) is 0 Å². The van der Waals surface area contributed by atoms with Gasteiger partial charge < -0.3 is 4.74 Å². The number of hydrogen-bond donors (Lipinski definition) is 0. The van der Waals surface area contributed by atoms with E-state index in [2.05, 4.69) is 34.6 Å². The molecule has 0 aromatic heterocycles. The predicted octanol–water partition coefficient (Wildman–Crippen LogP) is 3.72. The molecule has 1 fully saturated rings. The summed E-state index contributed by atoms with van der Waals surface area (Å²) < 4.78 is 6.05. The molecule has 0 unspecified atom stereocenters. The molecule has 4 nitrogen and oxygen atoms in total. The Morgan fingerprint density at radius 1 is 1.21 bits per heavy atom. The van der Waals surface area contributed by atoms with Crippen LogP contribution in [-0.2, 0) is 14.3 Å². The van der Waals surface area contributed by atoms with E-state index in [0.717, 1.165) is 5.57 Å². The lowest BCUT2D eigenvalue weighted by Crippen LogP contribution is -2.59. The summed E-state index contributed by atoms with van der Waals surface area (Å²) >= 11 is 0. The van der Waals surface area contributed by atoms with E-state index in [1.807, 2.05) is 32.9 Å². The monoisotopic (exact) mass is 333 g/mol. The fourth-order valence-corrected chi connectivity index (χ4v) is 3.14. The smallest absolute Gasteiger partial charge is 0.231 e. The van der Waals surface area contributed by atoms with Crippen molar-refractivity contribution in [3.63, 3.8) is 0 Å². The minimum atomic E-state index is -1.29. The molecule has 0 bridgehead atoms. The molecule has 0 aromatic rings. The zero-order chi connectivity index (χ0) is 18.5. The molecule has 0 saturated carbocycles. The van der Waals surface area contributed by atoms with Crippen LogP contribution >= 0.6 is 0 Å². The van der Waals surface area contributed by atoms with E-state index in [9.17, 15) is 9.59 Å². The molecule has 1 saturated heterocycles. The number of allylic oxidation sites excluding steroid dienone is 2. The quantitative estimate of drug-likeness (QED) is 0.734. The largest absolute Gasteiger partial charge is 0.343 e. The predicted molar refractivity (Wildman–Crippen MR) is 95.3 cm³/mol. The van der Waals surface area contributed by atoms with E-state index in [1.165, 1.54) is 0 Å². The zero-order valence-corrected chi connectivity index (χ0v) is 16.3. The van der Waals surface area contributed by atoms with E-state index >= 15 is 0 Å². The average Bonchev–Trinajstić information content (AvgIpc) is 2.79. The normalized spacial score (nSPS) is 28.0. The van der Waals surface area contributed by atoms with Crippen molar-refractivity contribution in [3.05, 3.63) is 23.8 Å². The van der Waals surface area contributed by atoms with Crippen molar-refractivity contribution in [2.24, 2.45) is 16.7 Å². The first-order valence-electron chi connectivity index (χ1n) is 8.74. The van der Waals surface area contributed by atoms with Gasteiger partial charge >= 0.3 is 0 Å². The first-order valence-corrected chi connectivity index (χ1v) is 8.74. The Balaban J connectivity index is 2.60. The number of carbonyl (C=O) groups is 2. The summed E-state index contributed by atoms with van der Waals surface area (Å²) in [4.78, 5) is 27.8. The molecule has 0 aromatic carbocycles. The number of ketones is 1. The molecule has 1 aliphatic heterocycles. The van der Waals surface area contributed by atoms with Crippen LogP contribution < -0.4 is 0 Å². The van der Waals surface area contributed by atoms with Crippen molar-refractivity contribution >= 4 is 11.7 Å². The second-order valence-corrected chi connectivity index (χ2v) is 9.29. The van der Waals surface area contributed by atoms with Crippen LogP contribution in [0, 0.1) is 16.7 Å². The zero-order valence-electron chi connectivity index (χ0n) is 16.3. The van der Waals surface area contributed by atoms with Gasteiger partial charge in [0.15, 0.2) is 0 Å². The topological polar surface area (TPSA) is 46.6 Å². The lowest BCUT2D eigenvalue weighted by atomic mass is 9.80. The summed E-state index contributed by atoms with van der Waals surface area (Å²) in [6, 6.07) is -0.107. The lowest BCUT2D eigenvalue weighted by Gasteiger charge is -2.42. The maximum absolute atomic E-state index is 13.2. The Morgan fingerprint density at radius 2 is 1.79 bits per heavy atom. The first kappa shape index (κ1) is 18.9. The van der Waals surface area contributed by atoms with Crippen molar-refractivity contribution in [2.45, 2.75) is 67.2 Å². The van der Waals surface area contributed by atoms with Gasteiger partial charge in [0.2, 0.25) is 17.4 Å². The second-order valence-electron chi connectivity index (χ2n) is 9.29. The van der Waals surface area contributed by atoms with Crippen molar-refractivity contribution in [1.82, 2.24) is 4.90 Å². The summed E-state index contributed by atoms with van der Waals surface area (Å²) in [5.74, 6) is -0.0102. The molecule has 1 amide bonds. The van der Waals surface area contributed by atoms with Crippen LogP contribution in [0.2, 0.25) is 0 Å². The molecule has 1 aliphatic carbocycles. The number of hydrogen-bond acceptors (Lipinski definition) is 3. The molecular weight excluding hydrogens is 302 g/mol. The third-order valence-corrected chi connectivity index (χ3v) is 4.78. The van der Waals surface area contributed by atoms with Gasteiger partial charge in [0, 0.05) is 5.41 Å². The van der Waals surface area contributed by atoms with Crippen LogP contribution in [0.3, 0.4) is 0 Å². The Bertz CT molecular complexity index is 601. The van der Waals surface area contributed by atoms with Gasteiger partial charge in [-0.1, -0.05) is 61.5 Å². The Kier molecular flexibility index (Phi) is 4.60. The van der Waals surface area contributed by atoms with Crippen molar-refractivity contribution in [2.75, 3.05) is 6.61 Å². The van der Waals surface area contributed by atoms with E-state index in [-0.39, 0.29) is 29.1 Å². The Morgan fingerprint density at radius 3 is 2.25 bits per heavy atom. The lowest BCUT2D eigenvalue weighted by molar-refractivity contribution is -0.161. The fraction of sp³-hybridized carbons (Fsp3) is 0.700. The fourth-order valence-electron chi connectivity index (χ4n) is 3.14. The summed E-state index contributed by atoms with van der Waals surface area (Å²) in [7, 11) is 0. The highest BCUT2D eigenvalue weighted by Gasteiger charge is 2.56. The number of amides is 1. The first-order chi connectivity index (χ1) is 10.8. The molecule has 1 spiro atoms. The number of rotatable bonds is 1. The number of carbonyl (C=O) groups excluding carboxylic acids is 2. The molecule has 2 rings (SSSR count). The van der Waals surface area contributed by atoms with Crippen molar-refractivity contribution in [3.8, 4) is 0 Å². The minimum absolute atomic E-state index is 0.0492. The minimum Gasteiger partial charge on any atom is -0.343 e. The molecule has 0 N–H and O–H groups in total. The summed E-state index contributed by atoms with van der Waals surface area (Å²) in [6.07, 6.45) is 5.27. The van der Waals surface area contributed by atoms with Crippen molar-refractivity contribution < 1.29 is 14.3 Å². The summed E-state index contributed by atoms with van der Waals surface area (Å²) in [5, 5.41) is 0. The summed E-state index contributed by atoms with van der Waals surface area (Å²) in [6.45, 7) is 16.4. The Hall–Kier alpha value is -1.42. The van der Waals surface area contributed by atoms with E-state index in [0.29, 0.717) is 6.61 Å². The maximum Gasteiger partial charge on any atom is 0.231 e. The highest BCUT2D eigenvalue weighted by atomic mass is 16.5. The van der Waals surface area contributed by atoms with Gasteiger partial charge in [-0.15, -0.1) is 0 Å². The molecule has 0 radical (unpaired) electrons.